The number of nitrogens with one attached hydrogen (secondary N) is 1. The van der Waals surface area contributed by atoms with E-state index in [4.69, 9.17) is 0 Å². The van der Waals surface area contributed by atoms with E-state index < -0.39 is 11.6 Å². The van der Waals surface area contributed by atoms with E-state index in [1.807, 2.05) is 25.1 Å². The first-order valence-electron chi connectivity index (χ1n) is 6.26. The lowest BCUT2D eigenvalue weighted by Crippen LogP contribution is -2.18. The third-order valence-electron chi connectivity index (χ3n) is 2.90. The Hall–Kier alpha value is -1.97. The summed E-state index contributed by atoms with van der Waals surface area (Å²) in [5.74, 6) is -1.23. The molecule has 1 aromatic carbocycles. The molecule has 19 heavy (non-hydrogen) atoms. The number of halogens is 2. The van der Waals surface area contributed by atoms with Crippen molar-refractivity contribution in [1.82, 2.24) is 4.98 Å². The Labute approximate surface area is 111 Å². The van der Waals surface area contributed by atoms with Crippen LogP contribution in [-0.4, -0.2) is 11.0 Å². The molecule has 1 atom stereocenters. The Kier molecular flexibility index (Phi) is 4.44. The van der Waals surface area contributed by atoms with Gasteiger partial charge < -0.3 is 5.32 Å². The molecular formula is C15H16F2N2. The summed E-state index contributed by atoms with van der Waals surface area (Å²) in [5.41, 5.74) is 1.24. The normalized spacial score (nSPS) is 12.2. The standard InChI is InChI=1S/C15H16F2N2/c1-11(7-8-12-5-3-2-4-6-12)19-15-14(17)9-13(16)10-18-15/h2-6,9-11H,7-8H2,1H3,(H,18,19). The number of nitrogens with zero attached hydrogens (tertiary/aromatic N) is 1. The smallest absolute Gasteiger partial charge is 0.168 e. The highest BCUT2D eigenvalue weighted by molar-refractivity contribution is 5.36. The van der Waals surface area contributed by atoms with E-state index >= 15 is 0 Å². The van der Waals surface area contributed by atoms with Crippen LogP contribution in [0.2, 0.25) is 0 Å². The van der Waals surface area contributed by atoms with Crippen molar-refractivity contribution in [2.24, 2.45) is 0 Å². The van der Waals surface area contributed by atoms with Gasteiger partial charge in [0.15, 0.2) is 11.6 Å². The van der Waals surface area contributed by atoms with Crippen molar-refractivity contribution in [3.05, 3.63) is 59.8 Å². The van der Waals surface area contributed by atoms with Crippen LogP contribution in [0.25, 0.3) is 0 Å². The number of pyridine rings is 1. The average molecular weight is 262 g/mol. The van der Waals surface area contributed by atoms with Crippen LogP contribution in [0.15, 0.2) is 42.6 Å². The maximum Gasteiger partial charge on any atom is 0.168 e. The van der Waals surface area contributed by atoms with Gasteiger partial charge in [0.2, 0.25) is 0 Å². The minimum absolute atomic E-state index is 0.0627. The molecule has 0 saturated carbocycles. The first-order valence-corrected chi connectivity index (χ1v) is 6.26. The SMILES string of the molecule is CC(CCc1ccccc1)Nc1ncc(F)cc1F. The third kappa shape index (κ3) is 4.02. The monoisotopic (exact) mass is 262 g/mol. The van der Waals surface area contributed by atoms with Gasteiger partial charge in [-0.25, -0.2) is 13.8 Å². The summed E-state index contributed by atoms with van der Waals surface area (Å²) in [6.45, 7) is 1.95. The number of aryl methyl sites for hydroxylation is 1. The molecule has 4 heteroatoms. The van der Waals surface area contributed by atoms with Gasteiger partial charge >= 0.3 is 0 Å². The molecule has 0 fully saturated rings. The largest absolute Gasteiger partial charge is 0.365 e. The van der Waals surface area contributed by atoms with Crippen molar-refractivity contribution in [1.29, 1.82) is 0 Å². The van der Waals surface area contributed by atoms with Gasteiger partial charge in [-0.1, -0.05) is 30.3 Å². The van der Waals surface area contributed by atoms with Crippen molar-refractivity contribution in [2.45, 2.75) is 25.8 Å². The van der Waals surface area contributed by atoms with Gasteiger partial charge in [0, 0.05) is 12.1 Å². The lowest BCUT2D eigenvalue weighted by Gasteiger charge is -2.14. The van der Waals surface area contributed by atoms with Gasteiger partial charge in [-0.05, 0) is 25.3 Å². The molecule has 1 unspecified atom stereocenters. The predicted molar refractivity (Wildman–Crippen MR) is 72.0 cm³/mol. The molecule has 2 rings (SSSR count). The number of rotatable bonds is 5. The lowest BCUT2D eigenvalue weighted by atomic mass is 10.1. The van der Waals surface area contributed by atoms with Gasteiger partial charge in [-0.15, -0.1) is 0 Å². The minimum atomic E-state index is -0.667. The number of hydrogen-bond donors (Lipinski definition) is 1. The molecule has 0 radical (unpaired) electrons. The summed E-state index contributed by atoms with van der Waals surface area (Å²) in [5, 5.41) is 2.95. The second-order valence-corrected chi connectivity index (χ2v) is 4.55. The highest BCUT2D eigenvalue weighted by atomic mass is 19.1. The molecule has 0 aliphatic rings. The molecule has 1 heterocycles. The highest BCUT2D eigenvalue weighted by Gasteiger charge is 2.09. The molecule has 0 spiro atoms. The summed E-state index contributed by atoms with van der Waals surface area (Å²) < 4.78 is 26.1. The van der Waals surface area contributed by atoms with Crippen LogP contribution in [0.5, 0.6) is 0 Å². The summed E-state index contributed by atoms with van der Waals surface area (Å²) in [4.78, 5) is 3.71. The van der Waals surface area contributed by atoms with Crippen LogP contribution in [-0.2, 0) is 6.42 Å². The van der Waals surface area contributed by atoms with Gasteiger partial charge in [0.1, 0.15) is 5.82 Å². The van der Waals surface area contributed by atoms with E-state index in [0.29, 0.717) is 0 Å². The summed E-state index contributed by atoms with van der Waals surface area (Å²) in [7, 11) is 0. The fourth-order valence-electron chi connectivity index (χ4n) is 1.85. The van der Waals surface area contributed by atoms with Crippen LogP contribution < -0.4 is 5.32 Å². The molecule has 0 saturated heterocycles. The zero-order valence-corrected chi connectivity index (χ0v) is 10.7. The Morgan fingerprint density at radius 1 is 1.21 bits per heavy atom. The lowest BCUT2D eigenvalue weighted by molar-refractivity contribution is 0.571. The highest BCUT2D eigenvalue weighted by Crippen LogP contribution is 2.14. The van der Waals surface area contributed by atoms with Gasteiger partial charge in [-0.2, -0.15) is 0 Å². The maximum atomic E-state index is 13.4. The van der Waals surface area contributed by atoms with Crippen molar-refractivity contribution in [2.75, 3.05) is 5.32 Å². The summed E-state index contributed by atoms with van der Waals surface area (Å²) in [6.07, 6.45) is 2.76. The van der Waals surface area contributed by atoms with Crippen LogP contribution in [0.1, 0.15) is 18.9 Å². The Morgan fingerprint density at radius 3 is 2.63 bits per heavy atom. The molecule has 2 aromatic rings. The molecule has 1 aromatic heterocycles. The van der Waals surface area contributed by atoms with Gasteiger partial charge in [0.05, 0.1) is 6.20 Å². The van der Waals surface area contributed by atoms with Crippen LogP contribution in [0.4, 0.5) is 14.6 Å². The molecule has 100 valence electrons. The number of aromatic nitrogens is 1. The predicted octanol–water partition coefficient (Wildman–Crippen LogP) is 3.79. The number of benzene rings is 1. The van der Waals surface area contributed by atoms with E-state index in [1.165, 1.54) is 5.56 Å². The topological polar surface area (TPSA) is 24.9 Å². The second kappa shape index (κ2) is 6.27. The third-order valence-corrected chi connectivity index (χ3v) is 2.90. The van der Waals surface area contributed by atoms with Crippen molar-refractivity contribution < 1.29 is 8.78 Å². The summed E-state index contributed by atoms with van der Waals surface area (Å²) in [6, 6.07) is 11.0. The Balaban J connectivity index is 1.89. The zero-order chi connectivity index (χ0) is 13.7. The van der Waals surface area contributed by atoms with E-state index in [2.05, 4.69) is 22.4 Å². The van der Waals surface area contributed by atoms with Crippen molar-refractivity contribution >= 4 is 5.82 Å². The van der Waals surface area contributed by atoms with E-state index in [9.17, 15) is 8.78 Å². The maximum absolute atomic E-state index is 13.4. The van der Waals surface area contributed by atoms with Gasteiger partial charge in [0.25, 0.3) is 0 Å². The average Bonchev–Trinajstić information content (AvgIpc) is 2.41. The van der Waals surface area contributed by atoms with E-state index in [-0.39, 0.29) is 11.9 Å². The molecule has 1 N–H and O–H groups in total. The zero-order valence-electron chi connectivity index (χ0n) is 10.7. The van der Waals surface area contributed by atoms with E-state index in [1.54, 1.807) is 0 Å². The van der Waals surface area contributed by atoms with Crippen molar-refractivity contribution in [3.63, 3.8) is 0 Å². The summed E-state index contributed by atoms with van der Waals surface area (Å²) >= 11 is 0. The molecule has 0 bridgehead atoms. The second-order valence-electron chi connectivity index (χ2n) is 4.55. The minimum Gasteiger partial charge on any atom is -0.365 e. The fraction of sp³-hybridized carbons (Fsp3) is 0.267. The first-order chi connectivity index (χ1) is 9.15. The fourth-order valence-corrected chi connectivity index (χ4v) is 1.85. The number of anilines is 1. The first kappa shape index (κ1) is 13.5. The quantitative estimate of drug-likeness (QED) is 0.886. The molecule has 0 aliphatic heterocycles. The van der Waals surface area contributed by atoms with Crippen LogP contribution >= 0.6 is 0 Å². The Bertz CT molecular complexity index is 529. The molecule has 0 aliphatic carbocycles. The van der Waals surface area contributed by atoms with Crippen LogP contribution in [0, 0.1) is 11.6 Å². The number of hydrogen-bond acceptors (Lipinski definition) is 2. The molecule has 0 amide bonds. The Morgan fingerprint density at radius 2 is 1.95 bits per heavy atom. The van der Waals surface area contributed by atoms with Crippen molar-refractivity contribution in [3.8, 4) is 0 Å². The molecular weight excluding hydrogens is 246 g/mol. The van der Waals surface area contributed by atoms with Crippen LogP contribution in [0.3, 0.4) is 0 Å². The molecule has 2 nitrogen and oxygen atoms in total. The van der Waals surface area contributed by atoms with E-state index in [0.717, 1.165) is 25.1 Å². The van der Waals surface area contributed by atoms with Gasteiger partial charge in [-0.3, -0.25) is 0 Å².